The molecule has 0 amide bonds. The molecule has 4 heteroatoms. The van der Waals surface area contributed by atoms with Crippen molar-refractivity contribution < 1.29 is 4.79 Å². The molecule has 0 aliphatic rings. The normalized spacial score (nSPS) is 10.2. The molecular formula is C14H20N2OS. The molecule has 0 bridgehead atoms. The minimum absolute atomic E-state index is 0.0531. The van der Waals surface area contributed by atoms with Crippen LogP contribution in [0.4, 0.5) is 5.69 Å². The Kier molecular flexibility index (Phi) is 5.78. The fraction of sp³-hybridized carbons (Fsp3) is 0.429. The number of Topliss-reactive ketones (excluding diaryl/α,β-unsaturated/α-hetero) is 1. The summed E-state index contributed by atoms with van der Waals surface area (Å²) in [6, 6.07) is 7.33. The van der Waals surface area contributed by atoms with Gasteiger partial charge < -0.3 is 10.6 Å². The van der Waals surface area contributed by atoms with E-state index in [4.69, 9.17) is 12.2 Å². The molecule has 2 N–H and O–H groups in total. The number of benzene rings is 1. The monoisotopic (exact) mass is 264 g/mol. The van der Waals surface area contributed by atoms with Crippen molar-refractivity contribution in [1.82, 2.24) is 5.32 Å². The number of rotatable bonds is 5. The standard InChI is InChI=1S/C14H20N2OS/c1-10(2)7-8-15-14(18)16-13-6-4-5-12(9-13)11(3)17/h4-6,9-10H,7-8H2,1-3H3,(H2,15,16,18). The maximum atomic E-state index is 11.3. The lowest BCUT2D eigenvalue weighted by atomic mass is 10.1. The Morgan fingerprint density at radius 1 is 1.39 bits per heavy atom. The molecule has 0 saturated carbocycles. The Hall–Kier alpha value is -1.42. The van der Waals surface area contributed by atoms with E-state index in [0.717, 1.165) is 18.7 Å². The summed E-state index contributed by atoms with van der Waals surface area (Å²) >= 11 is 5.19. The Morgan fingerprint density at radius 2 is 2.11 bits per heavy atom. The zero-order valence-electron chi connectivity index (χ0n) is 11.1. The molecule has 98 valence electrons. The fourth-order valence-corrected chi connectivity index (χ4v) is 1.69. The lowest BCUT2D eigenvalue weighted by Gasteiger charge is -2.12. The van der Waals surface area contributed by atoms with Gasteiger partial charge in [0.2, 0.25) is 0 Å². The number of hydrogen-bond acceptors (Lipinski definition) is 2. The minimum Gasteiger partial charge on any atom is -0.362 e. The molecule has 1 aromatic rings. The summed E-state index contributed by atoms with van der Waals surface area (Å²) < 4.78 is 0. The highest BCUT2D eigenvalue weighted by Gasteiger charge is 2.02. The topological polar surface area (TPSA) is 41.1 Å². The molecule has 3 nitrogen and oxygen atoms in total. The highest BCUT2D eigenvalue weighted by molar-refractivity contribution is 7.80. The molecule has 0 radical (unpaired) electrons. The molecule has 0 aromatic heterocycles. The largest absolute Gasteiger partial charge is 0.362 e. The lowest BCUT2D eigenvalue weighted by molar-refractivity contribution is 0.101. The minimum atomic E-state index is 0.0531. The van der Waals surface area contributed by atoms with Crippen molar-refractivity contribution in [1.29, 1.82) is 0 Å². The third kappa shape index (κ3) is 5.27. The Bertz CT molecular complexity index is 430. The molecule has 0 spiro atoms. The number of hydrogen-bond donors (Lipinski definition) is 2. The summed E-state index contributed by atoms with van der Waals surface area (Å²) in [5.74, 6) is 0.707. The van der Waals surface area contributed by atoms with E-state index in [9.17, 15) is 4.79 Å². The van der Waals surface area contributed by atoms with Gasteiger partial charge in [0, 0.05) is 17.8 Å². The van der Waals surface area contributed by atoms with Crippen LogP contribution in [0, 0.1) is 5.92 Å². The molecule has 1 aromatic carbocycles. The first-order valence-corrected chi connectivity index (χ1v) is 6.55. The first kappa shape index (κ1) is 14.6. The summed E-state index contributed by atoms with van der Waals surface area (Å²) in [4.78, 5) is 11.3. The highest BCUT2D eigenvalue weighted by Crippen LogP contribution is 2.11. The molecule has 0 unspecified atom stereocenters. The van der Waals surface area contributed by atoms with Crippen molar-refractivity contribution in [2.45, 2.75) is 27.2 Å². The van der Waals surface area contributed by atoms with Gasteiger partial charge in [-0.05, 0) is 43.6 Å². The summed E-state index contributed by atoms with van der Waals surface area (Å²) in [5.41, 5.74) is 1.52. The van der Waals surface area contributed by atoms with Crippen molar-refractivity contribution in [3.8, 4) is 0 Å². The van der Waals surface area contributed by atoms with E-state index in [1.807, 2.05) is 12.1 Å². The quantitative estimate of drug-likeness (QED) is 0.633. The van der Waals surface area contributed by atoms with Crippen molar-refractivity contribution >= 4 is 28.8 Å². The van der Waals surface area contributed by atoms with Crippen molar-refractivity contribution in [2.24, 2.45) is 5.92 Å². The SMILES string of the molecule is CC(=O)c1cccc(NC(=S)NCCC(C)C)c1. The summed E-state index contributed by atoms with van der Waals surface area (Å²) in [5, 5.41) is 6.82. The van der Waals surface area contributed by atoms with Gasteiger partial charge in [-0.3, -0.25) is 4.79 Å². The molecule has 0 aliphatic carbocycles. The van der Waals surface area contributed by atoms with Gasteiger partial charge in [-0.25, -0.2) is 0 Å². The van der Waals surface area contributed by atoms with Crippen molar-refractivity contribution in [3.63, 3.8) is 0 Å². The predicted octanol–water partition coefficient (Wildman–Crippen LogP) is 3.22. The molecule has 0 atom stereocenters. The number of carbonyl (C=O) groups excluding carboxylic acids is 1. The first-order valence-electron chi connectivity index (χ1n) is 6.15. The second kappa shape index (κ2) is 7.11. The average Bonchev–Trinajstić information content (AvgIpc) is 2.28. The molecule has 1 rings (SSSR count). The summed E-state index contributed by atoms with van der Waals surface area (Å²) in [6.45, 7) is 6.76. The second-order valence-electron chi connectivity index (χ2n) is 4.70. The van der Waals surface area contributed by atoms with E-state index < -0.39 is 0 Å². The third-order valence-electron chi connectivity index (χ3n) is 2.53. The molecular weight excluding hydrogens is 244 g/mol. The molecule has 18 heavy (non-hydrogen) atoms. The van der Waals surface area contributed by atoms with E-state index in [0.29, 0.717) is 16.6 Å². The van der Waals surface area contributed by atoms with Crippen LogP contribution < -0.4 is 10.6 Å². The lowest BCUT2D eigenvalue weighted by Crippen LogP contribution is -2.29. The predicted molar refractivity (Wildman–Crippen MR) is 80.1 cm³/mol. The van der Waals surface area contributed by atoms with Gasteiger partial charge in [-0.1, -0.05) is 26.0 Å². The highest BCUT2D eigenvalue weighted by atomic mass is 32.1. The van der Waals surface area contributed by atoms with Gasteiger partial charge >= 0.3 is 0 Å². The van der Waals surface area contributed by atoms with Crippen LogP contribution >= 0.6 is 12.2 Å². The van der Waals surface area contributed by atoms with Crippen LogP contribution in [-0.4, -0.2) is 17.4 Å². The van der Waals surface area contributed by atoms with Gasteiger partial charge in [0.15, 0.2) is 10.9 Å². The van der Waals surface area contributed by atoms with Gasteiger partial charge in [0.05, 0.1) is 0 Å². The Labute approximate surface area is 114 Å². The van der Waals surface area contributed by atoms with Crippen molar-refractivity contribution in [2.75, 3.05) is 11.9 Å². The number of anilines is 1. The Balaban J connectivity index is 2.49. The number of thiocarbonyl (C=S) groups is 1. The summed E-state index contributed by atoms with van der Waals surface area (Å²) in [6.07, 6.45) is 1.08. The van der Waals surface area contributed by atoms with Crippen LogP contribution in [0.2, 0.25) is 0 Å². The maximum Gasteiger partial charge on any atom is 0.170 e. The molecule has 0 aliphatic heterocycles. The van der Waals surface area contributed by atoms with E-state index in [1.165, 1.54) is 0 Å². The average molecular weight is 264 g/mol. The smallest absolute Gasteiger partial charge is 0.170 e. The maximum absolute atomic E-state index is 11.3. The zero-order chi connectivity index (χ0) is 13.5. The van der Waals surface area contributed by atoms with Gasteiger partial charge in [-0.2, -0.15) is 0 Å². The number of ketones is 1. The van der Waals surface area contributed by atoms with Crippen LogP contribution in [0.3, 0.4) is 0 Å². The van der Waals surface area contributed by atoms with E-state index >= 15 is 0 Å². The molecule has 0 saturated heterocycles. The fourth-order valence-electron chi connectivity index (χ4n) is 1.47. The van der Waals surface area contributed by atoms with Crippen LogP contribution in [0.15, 0.2) is 24.3 Å². The molecule has 0 heterocycles. The van der Waals surface area contributed by atoms with E-state index in [2.05, 4.69) is 24.5 Å². The first-order chi connectivity index (χ1) is 8.49. The van der Waals surface area contributed by atoms with Gasteiger partial charge in [-0.15, -0.1) is 0 Å². The van der Waals surface area contributed by atoms with E-state index in [-0.39, 0.29) is 5.78 Å². The van der Waals surface area contributed by atoms with Crippen molar-refractivity contribution in [3.05, 3.63) is 29.8 Å². The molecule has 0 fully saturated rings. The van der Waals surface area contributed by atoms with Crippen LogP contribution in [-0.2, 0) is 0 Å². The van der Waals surface area contributed by atoms with Crippen LogP contribution in [0.5, 0.6) is 0 Å². The zero-order valence-corrected chi connectivity index (χ0v) is 11.9. The van der Waals surface area contributed by atoms with Gasteiger partial charge in [0.25, 0.3) is 0 Å². The third-order valence-corrected chi connectivity index (χ3v) is 2.78. The number of nitrogens with one attached hydrogen (secondary N) is 2. The van der Waals surface area contributed by atoms with Gasteiger partial charge in [0.1, 0.15) is 0 Å². The van der Waals surface area contributed by atoms with E-state index in [1.54, 1.807) is 19.1 Å². The Morgan fingerprint density at radius 3 is 2.72 bits per heavy atom. The number of carbonyl (C=O) groups is 1. The summed E-state index contributed by atoms with van der Waals surface area (Å²) in [7, 11) is 0. The van der Waals surface area contributed by atoms with Crippen LogP contribution in [0.25, 0.3) is 0 Å². The second-order valence-corrected chi connectivity index (χ2v) is 5.11. The van der Waals surface area contributed by atoms with Crippen LogP contribution in [0.1, 0.15) is 37.6 Å².